The van der Waals surface area contributed by atoms with Crippen molar-refractivity contribution >= 4 is 10.8 Å². The number of nitrogens with one attached hydrogen (secondary N) is 1. The Bertz CT molecular complexity index is 109. The molecule has 3 nitrogen and oxygen atoms in total. The van der Waals surface area contributed by atoms with Crippen molar-refractivity contribution in [3.8, 4) is 0 Å². The highest BCUT2D eigenvalue weighted by Gasteiger charge is 1.93. The van der Waals surface area contributed by atoms with Crippen LogP contribution in [0.15, 0.2) is 0 Å². The monoisotopic (exact) mass is 178 g/mol. The fraction of sp³-hybridized carbons (Fsp3) is 1.00. The van der Waals surface area contributed by atoms with Crippen molar-refractivity contribution in [2.24, 2.45) is 5.73 Å². The van der Waals surface area contributed by atoms with Crippen LogP contribution in [-0.4, -0.2) is 35.3 Å². The second kappa shape index (κ2) is 8.17. The lowest BCUT2D eigenvalue weighted by Gasteiger charge is -2.01. The Labute approximate surface area is 71.2 Å². The van der Waals surface area contributed by atoms with E-state index in [1.54, 1.807) is 0 Å². The quantitative estimate of drug-likeness (QED) is 0.526. The minimum absolute atomic E-state index is 0.626. The number of rotatable bonds is 7. The Morgan fingerprint density at radius 1 is 1.45 bits per heavy atom. The van der Waals surface area contributed by atoms with Gasteiger partial charge in [0.15, 0.2) is 0 Å². The molecule has 11 heavy (non-hydrogen) atoms. The first-order valence-corrected chi connectivity index (χ1v) is 5.55. The molecule has 3 N–H and O–H groups in total. The minimum atomic E-state index is -0.626. The van der Waals surface area contributed by atoms with Gasteiger partial charge in [-0.2, -0.15) is 0 Å². The molecule has 1 unspecified atom stereocenters. The molecular weight excluding hydrogens is 160 g/mol. The van der Waals surface area contributed by atoms with Crippen LogP contribution in [0.3, 0.4) is 0 Å². The van der Waals surface area contributed by atoms with Crippen molar-refractivity contribution in [1.29, 1.82) is 0 Å². The summed E-state index contributed by atoms with van der Waals surface area (Å²) in [5, 5.41) is 3.18. The lowest BCUT2D eigenvalue weighted by Crippen LogP contribution is -2.23. The van der Waals surface area contributed by atoms with Crippen LogP contribution < -0.4 is 11.1 Å². The van der Waals surface area contributed by atoms with E-state index >= 15 is 0 Å². The maximum Gasteiger partial charge on any atom is 0.0359 e. The van der Waals surface area contributed by atoms with Gasteiger partial charge in [-0.1, -0.05) is 6.92 Å². The van der Waals surface area contributed by atoms with Crippen molar-refractivity contribution in [2.75, 3.05) is 31.1 Å². The van der Waals surface area contributed by atoms with E-state index < -0.39 is 10.8 Å². The summed E-state index contributed by atoms with van der Waals surface area (Å²) in [6.07, 6.45) is 0.999. The first-order valence-electron chi connectivity index (χ1n) is 4.07. The molecule has 0 radical (unpaired) electrons. The van der Waals surface area contributed by atoms with Crippen molar-refractivity contribution in [2.45, 2.75) is 13.3 Å². The Morgan fingerprint density at radius 3 is 2.73 bits per heavy atom. The summed E-state index contributed by atoms with van der Waals surface area (Å²) >= 11 is 0. The Kier molecular flexibility index (Phi) is 8.22. The van der Waals surface area contributed by atoms with Crippen LogP contribution in [0.4, 0.5) is 0 Å². The van der Waals surface area contributed by atoms with Crippen molar-refractivity contribution in [1.82, 2.24) is 5.32 Å². The molecule has 0 rings (SSSR count). The molecule has 0 aliphatic heterocycles. The van der Waals surface area contributed by atoms with Gasteiger partial charge in [-0.3, -0.25) is 4.21 Å². The zero-order valence-electron chi connectivity index (χ0n) is 7.14. The molecule has 0 saturated carbocycles. The topological polar surface area (TPSA) is 55.1 Å². The van der Waals surface area contributed by atoms with Crippen LogP contribution in [0.1, 0.15) is 13.3 Å². The van der Waals surface area contributed by atoms with Crippen molar-refractivity contribution in [3.05, 3.63) is 0 Å². The zero-order valence-corrected chi connectivity index (χ0v) is 7.95. The summed E-state index contributed by atoms with van der Waals surface area (Å²) < 4.78 is 10.9. The van der Waals surface area contributed by atoms with Gasteiger partial charge in [0.25, 0.3) is 0 Å². The molecule has 0 aliphatic rings. The molecule has 4 heteroatoms. The second-order valence-corrected chi connectivity index (χ2v) is 4.19. The van der Waals surface area contributed by atoms with Gasteiger partial charge in [-0.25, -0.2) is 0 Å². The summed E-state index contributed by atoms with van der Waals surface area (Å²) in [4.78, 5) is 0. The molecule has 0 heterocycles. The summed E-state index contributed by atoms with van der Waals surface area (Å²) in [5.41, 5.74) is 5.30. The molecule has 1 atom stereocenters. The van der Waals surface area contributed by atoms with Crippen LogP contribution >= 0.6 is 0 Å². The molecule has 0 saturated heterocycles. The summed E-state index contributed by atoms with van der Waals surface area (Å²) in [7, 11) is -0.626. The van der Waals surface area contributed by atoms with E-state index in [1.807, 2.05) is 6.92 Å². The highest BCUT2D eigenvalue weighted by molar-refractivity contribution is 7.84. The fourth-order valence-corrected chi connectivity index (χ4v) is 1.34. The standard InChI is InChI=1S/C7H18N2OS/c1-2-11(10)7-6-9-5-3-4-8/h9H,2-8H2,1H3. The molecule has 68 valence electrons. The van der Waals surface area contributed by atoms with E-state index in [1.165, 1.54) is 0 Å². The fourth-order valence-electron chi connectivity index (χ4n) is 0.682. The molecule has 0 aromatic carbocycles. The Hall–Kier alpha value is 0.0700. The Morgan fingerprint density at radius 2 is 2.18 bits per heavy atom. The summed E-state index contributed by atoms with van der Waals surface area (Å²) in [6.45, 7) is 4.46. The van der Waals surface area contributed by atoms with Gasteiger partial charge in [0.1, 0.15) is 0 Å². The smallest absolute Gasteiger partial charge is 0.0359 e. The van der Waals surface area contributed by atoms with E-state index in [9.17, 15) is 4.21 Å². The molecule has 0 spiro atoms. The van der Waals surface area contributed by atoms with E-state index in [4.69, 9.17) is 5.73 Å². The second-order valence-electron chi connectivity index (χ2n) is 2.32. The van der Waals surface area contributed by atoms with E-state index in [-0.39, 0.29) is 0 Å². The van der Waals surface area contributed by atoms with Crippen LogP contribution in [0.5, 0.6) is 0 Å². The third-order valence-corrected chi connectivity index (χ3v) is 2.69. The molecule has 0 fully saturated rings. The SMILES string of the molecule is CCS(=O)CCNCCCN. The number of nitrogens with two attached hydrogens (primary N) is 1. The molecule has 0 aliphatic carbocycles. The molecule has 0 bridgehead atoms. The largest absolute Gasteiger partial charge is 0.330 e. The maximum atomic E-state index is 10.9. The highest BCUT2D eigenvalue weighted by Crippen LogP contribution is 1.79. The average molecular weight is 178 g/mol. The van der Waals surface area contributed by atoms with Crippen LogP contribution in [0.25, 0.3) is 0 Å². The van der Waals surface area contributed by atoms with Gasteiger partial charge in [-0.05, 0) is 19.5 Å². The van der Waals surface area contributed by atoms with Gasteiger partial charge in [0.05, 0.1) is 0 Å². The Balaban J connectivity index is 2.95. The highest BCUT2D eigenvalue weighted by atomic mass is 32.2. The number of hydrogen-bond donors (Lipinski definition) is 2. The van der Waals surface area contributed by atoms with Crippen molar-refractivity contribution in [3.63, 3.8) is 0 Å². The predicted octanol–water partition coefficient (Wildman–Crippen LogP) is -0.307. The van der Waals surface area contributed by atoms with Gasteiger partial charge < -0.3 is 11.1 Å². The zero-order chi connectivity index (χ0) is 8.53. The van der Waals surface area contributed by atoms with Crippen molar-refractivity contribution < 1.29 is 4.21 Å². The van der Waals surface area contributed by atoms with E-state index in [0.717, 1.165) is 37.6 Å². The third-order valence-electron chi connectivity index (χ3n) is 1.39. The molecule has 0 aromatic rings. The molecule has 0 aromatic heterocycles. The van der Waals surface area contributed by atoms with E-state index in [2.05, 4.69) is 5.32 Å². The summed E-state index contributed by atoms with van der Waals surface area (Å²) in [5.74, 6) is 1.53. The average Bonchev–Trinajstić information content (AvgIpc) is 2.04. The van der Waals surface area contributed by atoms with Gasteiger partial charge in [0, 0.05) is 28.9 Å². The van der Waals surface area contributed by atoms with Gasteiger partial charge >= 0.3 is 0 Å². The maximum absolute atomic E-state index is 10.9. The summed E-state index contributed by atoms with van der Waals surface area (Å²) in [6, 6.07) is 0. The molecular formula is C7H18N2OS. The lowest BCUT2D eigenvalue weighted by molar-refractivity contribution is 0.662. The van der Waals surface area contributed by atoms with Crippen LogP contribution in [0.2, 0.25) is 0 Å². The minimum Gasteiger partial charge on any atom is -0.330 e. The first-order chi connectivity index (χ1) is 5.31. The normalized spacial score (nSPS) is 13.3. The van der Waals surface area contributed by atoms with Gasteiger partial charge in [0.2, 0.25) is 0 Å². The van der Waals surface area contributed by atoms with Crippen LogP contribution in [0, 0.1) is 0 Å². The van der Waals surface area contributed by atoms with Gasteiger partial charge in [-0.15, -0.1) is 0 Å². The third kappa shape index (κ3) is 7.97. The first kappa shape index (κ1) is 11.1. The number of hydrogen-bond acceptors (Lipinski definition) is 3. The van der Waals surface area contributed by atoms with E-state index in [0.29, 0.717) is 0 Å². The predicted molar refractivity (Wildman–Crippen MR) is 50.1 cm³/mol. The lowest BCUT2D eigenvalue weighted by atomic mass is 10.4. The van der Waals surface area contributed by atoms with Crippen LogP contribution in [-0.2, 0) is 10.8 Å². The molecule has 0 amide bonds.